The third-order valence-corrected chi connectivity index (χ3v) is 5.16. The number of carbonyl (C=O) groups is 1. The molecule has 0 spiro atoms. The second-order valence-corrected chi connectivity index (χ2v) is 7.21. The maximum atomic E-state index is 12.9. The van der Waals surface area contributed by atoms with Crippen LogP contribution in [0.3, 0.4) is 0 Å². The van der Waals surface area contributed by atoms with Crippen LogP contribution in [0.2, 0.25) is 5.02 Å². The normalized spacial score (nSPS) is 12.7. The Hall–Kier alpha value is -3.24. The van der Waals surface area contributed by atoms with Gasteiger partial charge < -0.3 is 0 Å². The molecule has 2 atom stereocenters. The molecular formula is C24H20ClNO3. The number of nitro groups is 1. The highest BCUT2D eigenvalue weighted by Gasteiger charge is 2.37. The van der Waals surface area contributed by atoms with E-state index >= 15 is 0 Å². The van der Waals surface area contributed by atoms with Crippen LogP contribution >= 0.6 is 11.6 Å². The van der Waals surface area contributed by atoms with Crippen molar-refractivity contribution in [3.63, 3.8) is 0 Å². The maximum Gasteiger partial charge on any atom is 0.245 e. The summed E-state index contributed by atoms with van der Waals surface area (Å²) in [6.07, 6.45) is -0.0108. The van der Waals surface area contributed by atoms with Crippen LogP contribution in [0.1, 0.15) is 33.8 Å². The molecule has 3 rings (SSSR count). The first kappa shape index (κ1) is 20.5. The number of nitrogens with zero attached hydrogens (tertiary/aromatic N) is 1. The van der Waals surface area contributed by atoms with Crippen molar-refractivity contribution in [1.29, 1.82) is 0 Å². The molecule has 0 heterocycles. The fraction of sp³-hybridized carbons (Fsp3) is 0.125. The third-order valence-electron chi connectivity index (χ3n) is 4.91. The van der Waals surface area contributed by atoms with Crippen molar-refractivity contribution >= 4 is 23.0 Å². The van der Waals surface area contributed by atoms with Crippen LogP contribution < -0.4 is 0 Å². The molecule has 2 unspecified atom stereocenters. The monoisotopic (exact) mass is 405 g/mol. The van der Waals surface area contributed by atoms with Gasteiger partial charge in [0.15, 0.2) is 5.78 Å². The summed E-state index contributed by atoms with van der Waals surface area (Å²) in [6.45, 7) is 4.01. The number of halogens is 1. The number of hydrogen-bond acceptors (Lipinski definition) is 3. The Morgan fingerprint density at radius 1 is 0.897 bits per heavy atom. The summed E-state index contributed by atoms with van der Waals surface area (Å²) >= 11 is 6.00. The van der Waals surface area contributed by atoms with E-state index in [2.05, 4.69) is 6.58 Å². The standard InChI is InChI=1S/C24H20ClNO3/c1-17(18-8-4-2-5-9-18)24(26(28)29)22(19-12-14-21(25)15-13-19)16-23(27)20-10-6-3-7-11-20/h2-15,22,24H,1,16H2. The van der Waals surface area contributed by atoms with Crippen molar-refractivity contribution in [2.24, 2.45) is 0 Å². The zero-order valence-corrected chi connectivity index (χ0v) is 16.5. The Morgan fingerprint density at radius 2 is 1.41 bits per heavy atom. The van der Waals surface area contributed by atoms with Crippen LogP contribution in [0, 0.1) is 10.1 Å². The lowest BCUT2D eigenvalue weighted by molar-refractivity contribution is -0.509. The van der Waals surface area contributed by atoms with Gasteiger partial charge in [0.25, 0.3) is 0 Å². The highest BCUT2D eigenvalue weighted by molar-refractivity contribution is 6.30. The minimum absolute atomic E-state index is 0.0108. The van der Waals surface area contributed by atoms with E-state index in [0.29, 0.717) is 27.3 Å². The fourth-order valence-corrected chi connectivity index (χ4v) is 3.53. The summed E-state index contributed by atoms with van der Waals surface area (Å²) in [7, 11) is 0. The first-order chi connectivity index (χ1) is 14.0. The van der Waals surface area contributed by atoms with Gasteiger partial charge in [0.05, 0.1) is 5.92 Å². The molecule has 0 saturated carbocycles. The molecular weight excluding hydrogens is 386 g/mol. The summed E-state index contributed by atoms with van der Waals surface area (Å²) in [5, 5.41) is 12.7. The Labute approximate surface area is 174 Å². The second-order valence-electron chi connectivity index (χ2n) is 6.77. The molecule has 3 aromatic carbocycles. The van der Waals surface area contributed by atoms with E-state index in [1.54, 1.807) is 60.7 Å². The summed E-state index contributed by atoms with van der Waals surface area (Å²) < 4.78 is 0. The van der Waals surface area contributed by atoms with Crippen molar-refractivity contribution in [2.45, 2.75) is 18.4 Å². The summed E-state index contributed by atoms with van der Waals surface area (Å²) in [5.74, 6) is -0.832. The van der Waals surface area contributed by atoms with Crippen LogP contribution in [-0.2, 0) is 0 Å². The number of hydrogen-bond donors (Lipinski definition) is 0. The Kier molecular flexibility index (Phi) is 6.57. The van der Waals surface area contributed by atoms with E-state index in [0.717, 1.165) is 0 Å². The van der Waals surface area contributed by atoms with Gasteiger partial charge in [-0.2, -0.15) is 0 Å². The Balaban J connectivity index is 2.02. The van der Waals surface area contributed by atoms with Gasteiger partial charge in [-0.25, -0.2) is 0 Å². The molecule has 146 valence electrons. The number of benzene rings is 3. The molecule has 0 amide bonds. The van der Waals surface area contributed by atoms with Gasteiger partial charge >= 0.3 is 0 Å². The molecule has 4 nitrogen and oxygen atoms in total. The van der Waals surface area contributed by atoms with E-state index in [9.17, 15) is 14.9 Å². The lowest BCUT2D eigenvalue weighted by Gasteiger charge is -2.23. The van der Waals surface area contributed by atoms with Gasteiger partial charge in [0.1, 0.15) is 0 Å². The maximum absolute atomic E-state index is 12.9. The van der Waals surface area contributed by atoms with Crippen LogP contribution in [0.5, 0.6) is 0 Å². The second kappa shape index (κ2) is 9.30. The highest BCUT2D eigenvalue weighted by atomic mass is 35.5. The van der Waals surface area contributed by atoms with E-state index in [4.69, 9.17) is 11.6 Å². The molecule has 0 radical (unpaired) electrons. The summed E-state index contributed by atoms with van der Waals surface area (Å²) in [5.41, 5.74) is 2.26. The molecule has 0 bridgehead atoms. The van der Waals surface area contributed by atoms with Crippen LogP contribution in [0.25, 0.3) is 5.57 Å². The quantitative estimate of drug-likeness (QED) is 0.260. The minimum Gasteiger partial charge on any atom is -0.294 e. The van der Waals surface area contributed by atoms with Crippen molar-refractivity contribution in [3.8, 4) is 0 Å². The average Bonchev–Trinajstić information content (AvgIpc) is 2.74. The Bertz CT molecular complexity index is 1000. The molecule has 0 aromatic heterocycles. The van der Waals surface area contributed by atoms with E-state index in [1.165, 1.54) is 0 Å². The van der Waals surface area contributed by atoms with Crippen molar-refractivity contribution < 1.29 is 9.72 Å². The predicted octanol–water partition coefficient (Wildman–Crippen LogP) is 6.06. The Morgan fingerprint density at radius 3 is 1.93 bits per heavy atom. The van der Waals surface area contributed by atoms with Gasteiger partial charge in [-0.1, -0.05) is 91.0 Å². The smallest absolute Gasteiger partial charge is 0.245 e. The van der Waals surface area contributed by atoms with Gasteiger partial charge in [0, 0.05) is 27.5 Å². The number of Topliss-reactive ketones (excluding diaryl/α,β-unsaturated/α-hetero) is 1. The molecule has 0 fully saturated rings. The average molecular weight is 406 g/mol. The number of ketones is 1. The van der Waals surface area contributed by atoms with Crippen molar-refractivity contribution in [2.75, 3.05) is 0 Å². The highest BCUT2D eigenvalue weighted by Crippen LogP contribution is 2.35. The molecule has 0 aliphatic rings. The molecule has 0 aliphatic heterocycles. The molecule has 0 N–H and O–H groups in total. The molecule has 3 aromatic rings. The number of carbonyl (C=O) groups excluding carboxylic acids is 1. The molecule has 29 heavy (non-hydrogen) atoms. The van der Waals surface area contributed by atoms with Gasteiger partial charge in [-0.3, -0.25) is 14.9 Å². The lowest BCUT2D eigenvalue weighted by Crippen LogP contribution is -2.30. The van der Waals surface area contributed by atoms with Crippen molar-refractivity contribution in [1.82, 2.24) is 0 Å². The SMILES string of the molecule is C=C(c1ccccc1)C(C(CC(=O)c1ccccc1)c1ccc(Cl)cc1)[N+](=O)[O-]. The van der Waals surface area contributed by atoms with Gasteiger partial charge in [-0.15, -0.1) is 0 Å². The van der Waals surface area contributed by atoms with E-state index in [1.807, 2.05) is 24.3 Å². The van der Waals surface area contributed by atoms with Crippen molar-refractivity contribution in [3.05, 3.63) is 123 Å². The fourth-order valence-electron chi connectivity index (χ4n) is 3.40. The topological polar surface area (TPSA) is 60.2 Å². The zero-order chi connectivity index (χ0) is 20.8. The zero-order valence-electron chi connectivity index (χ0n) is 15.7. The van der Waals surface area contributed by atoms with Gasteiger partial charge in [-0.05, 0) is 23.3 Å². The third kappa shape index (κ3) is 4.98. The molecule has 0 aliphatic carbocycles. The lowest BCUT2D eigenvalue weighted by atomic mass is 9.81. The van der Waals surface area contributed by atoms with Gasteiger partial charge in [0.2, 0.25) is 6.04 Å². The number of rotatable bonds is 8. The molecule has 0 saturated heterocycles. The van der Waals surface area contributed by atoms with E-state index < -0.39 is 12.0 Å². The van der Waals surface area contributed by atoms with Crippen LogP contribution in [-0.4, -0.2) is 16.7 Å². The van der Waals surface area contributed by atoms with Crippen LogP contribution in [0.15, 0.2) is 91.5 Å². The summed E-state index contributed by atoms with van der Waals surface area (Å²) in [4.78, 5) is 24.7. The minimum atomic E-state index is -1.15. The van der Waals surface area contributed by atoms with Crippen LogP contribution in [0.4, 0.5) is 0 Å². The first-order valence-electron chi connectivity index (χ1n) is 9.19. The largest absolute Gasteiger partial charge is 0.294 e. The predicted molar refractivity (Wildman–Crippen MR) is 116 cm³/mol. The molecule has 5 heteroatoms. The van der Waals surface area contributed by atoms with E-state index in [-0.39, 0.29) is 17.1 Å². The summed E-state index contributed by atoms with van der Waals surface area (Å²) in [6, 6.07) is 23.5. The first-order valence-corrected chi connectivity index (χ1v) is 9.56.